The van der Waals surface area contributed by atoms with Crippen molar-refractivity contribution >= 4 is 18.1 Å². The van der Waals surface area contributed by atoms with Gasteiger partial charge >= 0.3 is 12.1 Å². The number of rotatable bonds is 2. The van der Waals surface area contributed by atoms with E-state index in [-0.39, 0.29) is 18.0 Å². The Balaban J connectivity index is 2.73. The van der Waals surface area contributed by atoms with E-state index in [0.717, 1.165) is 25.7 Å². The highest BCUT2D eigenvalue weighted by molar-refractivity contribution is 6.00. The Morgan fingerprint density at radius 2 is 1.86 bits per heavy atom. The van der Waals surface area contributed by atoms with Crippen LogP contribution in [0.3, 0.4) is 0 Å². The zero-order valence-corrected chi connectivity index (χ0v) is 13.4. The Labute approximate surface area is 126 Å². The third-order valence-electron chi connectivity index (χ3n) is 3.72. The van der Waals surface area contributed by atoms with Crippen LogP contribution in [0.4, 0.5) is 9.59 Å². The average Bonchev–Trinajstić information content (AvgIpc) is 2.51. The molecule has 1 rings (SSSR count). The van der Waals surface area contributed by atoms with Crippen molar-refractivity contribution in [3.63, 3.8) is 0 Å². The van der Waals surface area contributed by atoms with Gasteiger partial charge in [0.05, 0.1) is 7.11 Å². The van der Waals surface area contributed by atoms with Crippen LogP contribution in [0.2, 0.25) is 0 Å². The topological polar surface area (TPSA) is 74.2 Å². The molecule has 21 heavy (non-hydrogen) atoms. The van der Waals surface area contributed by atoms with E-state index in [1.54, 1.807) is 19.0 Å². The fourth-order valence-corrected chi connectivity index (χ4v) is 2.29. The second-order valence-corrected chi connectivity index (χ2v) is 5.24. The van der Waals surface area contributed by atoms with Gasteiger partial charge in [0.15, 0.2) is 0 Å². The molecular formula is C14H26N4O3. The van der Waals surface area contributed by atoms with Gasteiger partial charge in [0.25, 0.3) is 0 Å². The van der Waals surface area contributed by atoms with E-state index in [9.17, 15) is 9.59 Å². The summed E-state index contributed by atoms with van der Waals surface area (Å²) in [6.45, 7) is 2.54. The van der Waals surface area contributed by atoms with Crippen molar-refractivity contribution < 1.29 is 14.3 Å². The van der Waals surface area contributed by atoms with E-state index in [4.69, 9.17) is 0 Å². The highest BCUT2D eigenvalue weighted by Gasteiger charge is 2.23. The van der Waals surface area contributed by atoms with Crippen LogP contribution in [0.1, 0.15) is 39.0 Å². The molecule has 1 fully saturated rings. The second kappa shape index (κ2) is 8.49. The van der Waals surface area contributed by atoms with Crippen LogP contribution in [-0.2, 0) is 4.74 Å². The lowest BCUT2D eigenvalue weighted by Gasteiger charge is -2.29. The third kappa shape index (κ3) is 5.24. The Kier molecular flexibility index (Phi) is 6.98. The van der Waals surface area contributed by atoms with Gasteiger partial charge in [0.1, 0.15) is 0 Å². The van der Waals surface area contributed by atoms with E-state index in [1.807, 2.05) is 6.92 Å². The minimum absolute atomic E-state index is 0.208. The molecule has 0 heterocycles. The molecule has 0 atom stereocenters. The van der Waals surface area contributed by atoms with Gasteiger partial charge in [0.2, 0.25) is 5.96 Å². The van der Waals surface area contributed by atoms with Crippen LogP contribution in [0.25, 0.3) is 0 Å². The minimum atomic E-state index is -0.720. The first-order valence-electron chi connectivity index (χ1n) is 7.41. The van der Waals surface area contributed by atoms with E-state index in [2.05, 4.69) is 15.0 Å². The zero-order chi connectivity index (χ0) is 15.8. The van der Waals surface area contributed by atoms with E-state index in [0.29, 0.717) is 6.54 Å². The number of amides is 3. The quantitative estimate of drug-likeness (QED) is 0.625. The number of nitrogens with zero attached hydrogens (tertiary/aromatic N) is 3. The van der Waals surface area contributed by atoms with Gasteiger partial charge in [-0.1, -0.05) is 19.3 Å². The highest BCUT2D eigenvalue weighted by Crippen LogP contribution is 2.17. The molecule has 120 valence electrons. The standard InChI is InChI=1S/C14H26N4O3/c1-5-17(2)12(16-14(20)21-4)18(3)13(19)15-11-9-7-6-8-10-11/h11H,5-10H2,1-4H3,(H,15,19)/b16-12+. The van der Waals surface area contributed by atoms with Crippen molar-refractivity contribution in [3.8, 4) is 0 Å². The molecule has 0 aliphatic heterocycles. The van der Waals surface area contributed by atoms with Crippen LogP contribution in [0.15, 0.2) is 4.99 Å². The van der Waals surface area contributed by atoms with Crippen molar-refractivity contribution in [2.24, 2.45) is 4.99 Å². The first-order valence-corrected chi connectivity index (χ1v) is 7.41. The summed E-state index contributed by atoms with van der Waals surface area (Å²) < 4.78 is 4.54. The Morgan fingerprint density at radius 1 is 1.24 bits per heavy atom. The molecule has 1 saturated carbocycles. The summed E-state index contributed by atoms with van der Waals surface area (Å²) in [6, 6.07) is -0.0372. The van der Waals surface area contributed by atoms with E-state index >= 15 is 0 Å². The van der Waals surface area contributed by atoms with Crippen molar-refractivity contribution in [2.75, 3.05) is 27.7 Å². The van der Waals surface area contributed by atoms with Crippen LogP contribution in [0, 0.1) is 0 Å². The van der Waals surface area contributed by atoms with Gasteiger partial charge in [-0.15, -0.1) is 4.99 Å². The highest BCUT2D eigenvalue weighted by atomic mass is 16.5. The maximum Gasteiger partial charge on any atom is 0.436 e. The van der Waals surface area contributed by atoms with E-state index < -0.39 is 6.09 Å². The third-order valence-corrected chi connectivity index (χ3v) is 3.72. The molecule has 0 aromatic heterocycles. The number of aliphatic imine (C=N–C) groups is 1. The van der Waals surface area contributed by atoms with Gasteiger partial charge in [-0.2, -0.15) is 0 Å². The van der Waals surface area contributed by atoms with Gasteiger partial charge in [-0.25, -0.2) is 9.59 Å². The molecule has 1 N–H and O–H groups in total. The lowest BCUT2D eigenvalue weighted by Crippen LogP contribution is -2.50. The van der Waals surface area contributed by atoms with Crippen LogP contribution >= 0.6 is 0 Å². The number of guanidine groups is 1. The lowest BCUT2D eigenvalue weighted by atomic mass is 9.96. The largest absolute Gasteiger partial charge is 0.451 e. The molecule has 7 nitrogen and oxygen atoms in total. The van der Waals surface area contributed by atoms with Gasteiger partial charge < -0.3 is 15.0 Å². The number of urea groups is 1. The lowest BCUT2D eigenvalue weighted by molar-refractivity contribution is 0.181. The molecule has 1 aliphatic carbocycles. The molecule has 0 aromatic rings. The second-order valence-electron chi connectivity index (χ2n) is 5.24. The van der Waals surface area contributed by atoms with Crippen molar-refractivity contribution in [3.05, 3.63) is 0 Å². The Bertz CT molecular complexity index is 392. The first kappa shape index (κ1) is 17.3. The molecule has 1 aliphatic rings. The number of hydrogen-bond donors (Lipinski definition) is 1. The maximum atomic E-state index is 12.3. The summed E-state index contributed by atoms with van der Waals surface area (Å²) in [6.07, 6.45) is 4.82. The summed E-state index contributed by atoms with van der Waals surface area (Å²) in [5.41, 5.74) is 0. The number of ether oxygens (including phenoxy) is 1. The summed E-state index contributed by atoms with van der Waals surface area (Å²) >= 11 is 0. The molecule has 0 saturated heterocycles. The molecule has 0 bridgehead atoms. The predicted octanol–water partition coefficient (Wildman–Crippen LogP) is 2.03. The smallest absolute Gasteiger partial charge is 0.436 e. The summed E-state index contributed by atoms with van der Waals surface area (Å²) in [5.74, 6) is 0.276. The number of methoxy groups -OCH3 is 1. The van der Waals surface area contributed by atoms with Crippen molar-refractivity contribution in [2.45, 2.75) is 45.1 Å². The normalized spacial score (nSPS) is 16.3. The van der Waals surface area contributed by atoms with Crippen LogP contribution in [0.5, 0.6) is 0 Å². The Hall–Kier alpha value is -1.79. The molecule has 0 aromatic carbocycles. The minimum Gasteiger partial charge on any atom is -0.451 e. The monoisotopic (exact) mass is 298 g/mol. The molecular weight excluding hydrogens is 272 g/mol. The summed E-state index contributed by atoms with van der Waals surface area (Å²) in [4.78, 5) is 30.6. The Morgan fingerprint density at radius 3 is 2.38 bits per heavy atom. The SMILES string of the molecule is CCN(C)/C(=N\C(=O)OC)N(C)C(=O)NC1CCCCC1. The average molecular weight is 298 g/mol. The van der Waals surface area contributed by atoms with Crippen molar-refractivity contribution in [1.82, 2.24) is 15.1 Å². The molecule has 3 amide bonds. The molecule has 0 radical (unpaired) electrons. The first-order chi connectivity index (χ1) is 9.99. The van der Waals surface area contributed by atoms with Crippen molar-refractivity contribution in [1.29, 1.82) is 0 Å². The predicted molar refractivity (Wildman–Crippen MR) is 81.3 cm³/mol. The van der Waals surface area contributed by atoms with E-state index in [1.165, 1.54) is 18.4 Å². The van der Waals surface area contributed by atoms with Gasteiger partial charge in [0, 0.05) is 26.7 Å². The molecule has 0 unspecified atom stereocenters. The fourth-order valence-electron chi connectivity index (χ4n) is 2.29. The summed E-state index contributed by atoms with van der Waals surface area (Å²) in [7, 11) is 4.63. The summed E-state index contributed by atoms with van der Waals surface area (Å²) in [5, 5.41) is 3.00. The number of hydrogen-bond acceptors (Lipinski definition) is 3. The van der Waals surface area contributed by atoms with Gasteiger partial charge in [-0.3, -0.25) is 4.90 Å². The number of carbonyl (C=O) groups is 2. The van der Waals surface area contributed by atoms with Crippen LogP contribution < -0.4 is 5.32 Å². The number of nitrogens with one attached hydrogen (secondary N) is 1. The number of carbonyl (C=O) groups excluding carboxylic acids is 2. The zero-order valence-electron chi connectivity index (χ0n) is 13.4. The maximum absolute atomic E-state index is 12.3. The molecule has 0 spiro atoms. The van der Waals surface area contributed by atoms with Gasteiger partial charge in [-0.05, 0) is 19.8 Å². The van der Waals surface area contributed by atoms with Crippen LogP contribution in [-0.4, -0.2) is 61.7 Å². The molecule has 7 heteroatoms. The fraction of sp³-hybridized carbons (Fsp3) is 0.786.